The Bertz CT molecular complexity index is 1080. The van der Waals surface area contributed by atoms with Crippen LogP contribution in [-0.4, -0.2) is 37.6 Å². The smallest absolute Gasteiger partial charge is 0.273 e. The normalized spacial score (nSPS) is 18.1. The predicted molar refractivity (Wildman–Crippen MR) is 128 cm³/mol. The standard InChI is InChI=1S/C24H31N3O4S2/c1-17-8-10-20(11-9-17)33(30,31)27-14-12-18(13-15-27)23(28)25-26-24(29)22-16-19-6-4-2-3-5-7-21(19)32-22/h8-11,16,18H,2-7,12-15H2,1H3,(H,25,28)(H,26,29). The number of nitrogens with zero attached hydrogens (tertiary/aromatic N) is 1. The number of benzene rings is 1. The number of fused-ring (bicyclic) bond motifs is 1. The second kappa shape index (κ2) is 10.4. The van der Waals surface area contributed by atoms with Gasteiger partial charge in [-0.05, 0) is 69.2 Å². The second-order valence-electron chi connectivity index (χ2n) is 8.91. The lowest BCUT2D eigenvalue weighted by atomic mass is 9.98. The SMILES string of the molecule is Cc1ccc(S(=O)(=O)N2CCC(C(=O)NNC(=O)c3cc4c(s3)CCCCCC4)CC2)cc1. The molecule has 9 heteroatoms. The van der Waals surface area contributed by atoms with Crippen molar-refractivity contribution in [2.75, 3.05) is 13.1 Å². The molecule has 1 aromatic carbocycles. The molecule has 4 rings (SSSR count). The average molecular weight is 490 g/mol. The first kappa shape index (κ1) is 23.9. The van der Waals surface area contributed by atoms with Gasteiger partial charge in [-0.3, -0.25) is 20.4 Å². The summed E-state index contributed by atoms with van der Waals surface area (Å²) in [6.07, 6.45) is 7.64. The van der Waals surface area contributed by atoms with Gasteiger partial charge in [-0.2, -0.15) is 4.31 Å². The van der Waals surface area contributed by atoms with Gasteiger partial charge in [-0.1, -0.05) is 30.5 Å². The maximum atomic E-state index is 12.8. The highest BCUT2D eigenvalue weighted by molar-refractivity contribution is 7.89. The Morgan fingerprint density at radius 3 is 2.33 bits per heavy atom. The third-order valence-corrected chi connectivity index (χ3v) is 9.65. The van der Waals surface area contributed by atoms with Gasteiger partial charge >= 0.3 is 0 Å². The molecular weight excluding hydrogens is 458 g/mol. The molecule has 2 aliphatic rings. The van der Waals surface area contributed by atoms with E-state index in [1.165, 1.54) is 38.9 Å². The third kappa shape index (κ3) is 5.65. The summed E-state index contributed by atoms with van der Waals surface area (Å²) in [6, 6.07) is 8.75. The lowest BCUT2D eigenvalue weighted by Crippen LogP contribution is -2.48. The largest absolute Gasteiger partial charge is 0.279 e. The van der Waals surface area contributed by atoms with Crippen LogP contribution >= 0.6 is 11.3 Å². The van der Waals surface area contributed by atoms with Crippen molar-refractivity contribution in [3.8, 4) is 0 Å². The van der Waals surface area contributed by atoms with Gasteiger partial charge in [0.1, 0.15) is 0 Å². The van der Waals surface area contributed by atoms with Crippen molar-refractivity contribution in [2.45, 2.75) is 63.2 Å². The number of carbonyl (C=O) groups excluding carboxylic acids is 2. The second-order valence-corrected chi connectivity index (χ2v) is 12.0. The molecule has 1 fully saturated rings. The highest BCUT2D eigenvalue weighted by atomic mass is 32.2. The molecule has 0 spiro atoms. The first-order chi connectivity index (χ1) is 15.8. The Balaban J connectivity index is 1.28. The van der Waals surface area contributed by atoms with E-state index in [4.69, 9.17) is 0 Å². The van der Waals surface area contributed by atoms with Gasteiger partial charge in [0.15, 0.2) is 0 Å². The third-order valence-electron chi connectivity index (χ3n) is 6.50. The van der Waals surface area contributed by atoms with Crippen LogP contribution in [-0.2, 0) is 27.7 Å². The molecule has 178 valence electrons. The number of amides is 2. The maximum absolute atomic E-state index is 12.8. The van der Waals surface area contributed by atoms with E-state index in [0.717, 1.165) is 31.2 Å². The number of hydrogen-bond donors (Lipinski definition) is 2. The van der Waals surface area contributed by atoms with Crippen LogP contribution in [0.2, 0.25) is 0 Å². The van der Waals surface area contributed by atoms with E-state index in [2.05, 4.69) is 10.9 Å². The number of thiophene rings is 1. The molecule has 2 amide bonds. The number of hydrazine groups is 1. The van der Waals surface area contributed by atoms with Crippen LogP contribution in [0.1, 0.15) is 64.2 Å². The number of carbonyl (C=O) groups is 2. The molecule has 2 heterocycles. The van der Waals surface area contributed by atoms with Crippen molar-refractivity contribution in [2.24, 2.45) is 5.92 Å². The molecule has 1 aliphatic heterocycles. The van der Waals surface area contributed by atoms with Gasteiger partial charge in [0.25, 0.3) is 5.91 Å². The summed E-state index contributed by atoms with van der Waals surface area (Å²) in [6.45, 7) is 2.47. The van der Waals surface area contributed by atoms with E-state index in [0.29, 0.717) is 17.7 Å². The highest BCUT2D eigenvalue weighted by Gasteiger charge is 2.32. The maximum Gasteiger partial charge on any atom is 0.279 e. The minimum atomic E-state index is -3.56. The molecule has 0 radical (unpaired) electrons. The Morgan fingerprint density at radius 1 is 0.970 bits per heavy atom. The quantitative estimate of drug-likeness (QED) is 0.642. The fourth-order valence-electron chi connectivity index (χ4n) is 4.46. The van der Waals surface area contributed by atoms with E-state index >= 15 is 0 Å². The van der Waals surface area contributed by atoms with Crippen molar-refractivity contribution in [1.82, 2.24) is 15.2 Å². The van der Waals surface area contributed by atoms with Gasteiger partial charge in [0.05, 0.1) is 9.77 Å². The van der Waals surface area contributed by atoms with E-state index in [1.807, 2.05) is 13.0 Å². The molecule has 2 aromatic rings. The van der Waals surface area contributed by atoms with E-state index in [9.17, 15) is 18.0 Å². The molecule has 7 nitrogen and oxygen atoms in total. The van der Waals surface area contributed by atoms with Crippen LogP contribution in [0.3, 0.4) is 0 Å². The Morgan fingerprint density at radius 2 is 1.64 bits per heavy atom. The van der Waals surface area contributed by atoms with Crippen LogP contribution < -0.4 is 10.9 Å². The zero-order chi connectivity index (χ0) is 23.4. The summed E-state index contributed by atoms with van der Waals surface area (Å²) < 4.78 is 27.1. The monoisotopic (exact) mass is 489 g/mol. The van der Waals surface area contributed by atoms with Crippen LogP contribution in [0, 0.1) is 12.8 Å². The number of piperidine rings is 1. The number of nitrogens with one attached hydrogen (secondary N) is 2. The molecule has 0 saturated carbocycles. The predicted octanol–water partition coefficient (Wildman–Crippen LogP) is 3.58. The summed E-state index contributed by atoms with van der Waals surface area (Å²) in [5.41, 5.74) is 7.36. The van der Waals surface area contributed by atoms with Crippen molar-refractivity contribution in [3.63, 3.8) is 0 Å². The van der Waals surface area contributed by atoms with Crippen molar-refractivity contribution >= 4 is 33.2 Å². The van der Waals surface area contributed by atoms with Gasteiger partial charge in [0, 0.05) is 23.9 Å². The fraction of sp³-hybridized carbons (Fsp3) is 0.500. The molecule has 0 atom stereocenters. The summed E-state index contributed by atoms with van der Waals surface area (Å²) in [5.74, 6) is -0.900. The van der Waals surface area contributed by atoms with Gasteiger partial charge < -0.3 is 0 Å². The van der Waals surface area contributed by atoms with Gasteiger partial charge in [-0.25, -0.2) is 8.42 Å². The molecular formula is C24H31N3O4S2. The Kier molecular flexibility index (Phi) is 7.51. The zero-order valence-corrected chi connectivity index (χ0v) is 20.6. The van der Waals surface area contributed by atoms with E-state index in [1.54, 1.807) is 24.3 Å². The van der Waals surface area contributed by atoms with Crippen molar-refractivity contribution in [3.05, 3.63) is 51.2 Å². The highest BCUT2D eigenvalue weighted by Crippen LogP contribution is 2.28. The van der Waals surface area contributed by atoms with Crippen molar-refractivity contribution < 1.29 is 18.0 Å². The van der Waals surface area contributed by atoms with Crippen LogP contribution in [0.5, 0.6) is 0 Å². The lowest BCUT2D eigenvalue weighted by Gasteiger charge is -2.30. The fourth-order valence-corrected chi connectivity index (χ4v) is 7.07. The van der Waals surface area contributed by atoms with Crippen LogP contribution in [0.25, 0.3) is 0 Å². The summed E-state index contributed by atoms with van der Waals surface area (Å²) >= 11 is 1.52. The number of rotatable bonds is 4. The molecule has 1 aromatic heterocycles. The Labute approximate surface area is 199 Å². The summed E-state index contributed by atoms with van der Waals surface area (Å²) in [5, 5.41) is 0. The minimum absolute atomic E-state index is 0.272. The first-order valence-corrected chi connectivity index (χ1v) is 13.9. The molecule has 0 unspecified atom stereocenters. The van der Waals surface area contributed by atoms with Crippen LogP contribution in [0.15, 0.2) is 35.2 Å². The lowest BCUT2D eigenvalue weighted by molar-refractivity contribution is -0.126. The number of sulfonamides is 1. The summed E-state index contributed by atoms with van der Waals surface area (Å²) in [7, 11) is -3.56. The van der Waals surface area contributed by atoms with Gasteiger partial charge in [-0.15, -0.1) is 11.3 Å². The molecule has 0 bridgehead atoms. The average Bonchev–Trinajstić information content (AvgIpc) is 3.19. The molecule has 33 heavy (non-hydrogen) atoms. The summed E-state index contributed by atoms with van der Waals surface area (Å²) in [4.78, 5) is 27.4. The van der Waals surface area contributed by atoms with E-state index in [-0.39, 0.29) is 35.7 Å². The first-order valence-electron chi connectivity index (χ1n) is 11.6. The topological polar surface area (TPSA) is 95.6 Å². The van der Waals surface area contributed by atoms with E-state index < -0.39 is 10.0 Å². The number of hydrogen-bond acceptors (Lipinski definition) is 5. The Hall–Kier alpha value is -2.23. The van der Waals surface area contributed by atoms with Crippen molar-refractivity contribution in [1.29, 1.82) is 0 Å². The number of aryl methyl sites for hydroxylation is 3. The van der Waals surface area contributed by atoms with Gasteiger partial charge in [0.2, 0.25) is 15.9 Å². The minimum Gasteiger partial charge on any atom is -0.273 e. The molecule has 1 saturated heterocycles. The van der Waals surface area contributed by atoms with Crippen LogP contribution in [0.4, 0.5) is 0 Å². The zero-order valence-electron chi connectivity index (χ0n) is 18.9. The molecule has 1 aliphatic carbocycles. The molecule has 2 N–H and O–H groups in total.